The molecule has 4 aromatic rings. The van der Waals surface area contributed by atoms with Gasteiger partial charge in [0.15, 0.2) is 5.82 Å². The summed E-state index contributed by atoms with van der Waals surface area (Å²) in [5.41, 5.74) is 1.85. The van der Waals surface area contributed by atoms with E-state index < -0.39 is 10.0 Å². The molecule has 0 saturated heterocycles. The van der Waals surface area contributed by atoms with Gasteiger partial charge in [0, 0.05) is 7.05 Å². The first-order chi connectivity index (χ1) is 13.4. The highest BCUT2D eigenvalue weighted by Gasteiger charge is 2.26. The van der Waals surface area contributed by atoms with Crippen molar-refractivity contribution in [2.75, 3.05) is 18.0 Å². The lowest BCUT2D eigenvalue weighted by molar-refractivity contribution is 0.340. The predicted molar refractivity (Wildman–Crippen MR) is 106 cm³/mol. The van der Waals surface area contributed by atoms with E-state index in [2.05, 4.69) is 15.2 Å². The number of rotatable bonds is 5. The Hall–Kier alpha value is -3.20. The molecule has 0 aliphatic rings. The van der Waals surface area contributed by atoms with Crippen molar-refractivity contribution >= 4 is 32.5 Å². The molecule has 2 heterocycles. The van der Waals surface area contributed by atoms with Crippen LogP contribution in [0, 0.1) is 6.92 Å². The highest BCUT2D eigenvalue weighted by Crippen LogP contribution is 2.28. The highest BCUT2D eigenvalue weighted by molar-refractivity contribution is 7.92. The minimum Gasteiger partial charge on any atom is -0.494 e. The van der Waals surface area contributed by atoms with Crippen molar-refractivity contribution in [1.29, 1.82) is 0 Å². The van der Waals surface area contributed by atoms with Crippen LogP contribution in [0.1, 0.15) is 12.7 Å². The molecule has 0 fully saturated rings. The summed E-state index contributed by atoms with van der Waals surface area (Å²) < 4.78 is 34.7. The molecule has 0 spiro atoms. The van der Waals surface area contributed by atoms with Gasteiger partial charge >= 0.3 is 0 Å². The molecule has 0 aliphatic carbocycles. The van der Waals surface area contributed by atoms with Gasteiger partial charge in [0.05, 0.1) is 22.5 Å². The third-order valence-electron chi connectivity index (χ3n) is 4.47. The largest absolute Gasteiger partial charge is 0.494 e. The fourth-order valence-electron chi connectivity index (χ4n) is 3.07. The van der Waals surface area contributed by atoms with Crippen LogP contribution in [0.2, 0.25) is 0 Å². The summed E-state index contributed by atoms with van der Waals surface area (Å²) in [6.45, 7) is 4.20. The van der Waals surface area contributed by atoms with Gasteiger partial charge in [0.25, 0.3) is 10.0 Å². The van der Waals surface area contributed by atoms with Crippen LogP contribution in [-0.2, 0) is 10.0 Å². The van der Waals surface area contributed by atoms with E-state index in [-0.39, 0.29) is 10.7 Å². The molecule has 0 saturated carbocycles. The Morgan fingerprint density at radius 1 is 1.07 bits per heavy atom. The predicted octanol–water partition coefficient (Wildman–Crippen LogP) is 2.81. The Morgan fingerprint density at radius 3 is 2.50 bits per heavy atom. The summed E-state index contributed by atoms with van der Waals surface area (Å²) in [5, 5.41) is 8.27. The Bertz CT molecular complexity index is 1270. The molecule has 2 aromatic carbocycles. The topological polar surface area (TPSA) is 89.7 Å². The quantitative estimate of drug-likeness (QED) is 0.514. The van der Waals surface area contributed by atoms with Gasteiger partial charge in [-0.25, -0.2) is 17.7 Å². The third kappa shape index (κ3) is 2.84. The summed E-state index contributed by atoms with van der Waals surface area (Å²) >= 11 is 0. The second-order valence-electron chi connectivity index (χ2n) is 6.21. The molecule has 0 bridgehead atoms. The zero-order valence-electron chi connectivity index (χ0n) is 15.7. The number of nitrogens with zero attached hydrogens (tertiary/aromatic N) is 5. The molecule has 2 aromatic heterocycles. The van der Waals surface area contributed by atoms with Crippen LogP contribution in [-0.4, -0.2) is 41.7 Å². The first-order valence-corrected chi connectivity index (χ1v) is 10.2. The van der Waals surface area contributed by atoms with E-state index in [4.69, 9.17) is 4.74 Å². The van der Waals surface area contributed by atoms with Gasteiger partial charge < -0.3 is 4.74 Å². The summed E-state index contributed by atoms with van der Waals surface area (Å²) in [7, 11) is -2.38. The smallest absolute Gasteiger partial charge is 0.265 e. The maximum Gasteiger partial charge on any atom is 0.265 e. The average molecular weight is 397 g/mol. The summed E-state index contributed by atoms with van der Waals surface area (Å²) in [4.78, 5) is 4.70. The second-order valence-corrected chi connectivity index (χ2v) is 8.18. The molecule has 28 heavy (non-hydrogen) atoms. The lowest BCUT2D eigenvalue weighted by Crippen LogP contribution is -2.28. The standard InChI is InChI=1S/C19H19N5O3S/c1-4-27-14-9-11-15(12-10-14)28(25,26)23(3)18-19-22-21-13(2)24(19)17-8-6-5-7-16(17)20-18/h5-12H,4H2,1-3H3. The minimum absolute atomic E-state index is 0.141. The van der Waals surface area contributed by atoms with Crippen LogP contribution in [0.3, 0.4) is 0 Å². The van der Waals surface area contributed by atoms with E-state index in [1.165, 1.54) is 19.2 Å². The number of hydrogen-bond acceptors (Lipinski definition) is 6. The van der Waals surface area contributed by atoms with Crippen molar-refractivity contribution in [2.45, 2.75) is 18.7 Å². The Labute approximate surface area is 162 Å². The van der Waals surface area contributed by atoms with E-state index >= 15 is 0 Å². The van der Waals surface area contributed by atoms with Crippen molar-refractivity contribution in [3.05, 3.63) is 54.4 Å². The van der Waals surface area contributed by atoms with E-state index in [0.29, 0.717) is 29.3 Å². The van der Waals surface area contributed by atoms with Crippen molar-refractivity contribution in [2.24, 2.45) is 0 Å². The summed E-state index contributed by atoms with van der Waals surface area (Å²) in [5.74, 6) is 1.48. The molecule has 0 unspecified atom stereocenters. The van der Waals surface area contributed by atoms with Gasteiger partial charge in [-0.3, -0.25) is 4.40 Å². The normalized spacial score (nSPS) is 11.8. The number of aryl methyl sites for hydroxylation is 1. The van der Waals surface area contributed by atoms with Crippen LogP contribution in [0.15, 0.2) is 53.4 Å². The van der Waals surface area contributed by atoms with Gasteiger partial charge in [-0.2, -0.15) is 0 Å². The number of aromatic nitrogens is 4. The highest BCUT2D eigenvalue weighted by atomic mass is 32.2. The first kappa shape index (κ1) is 18.2. The van der Waals surface area contributed by atoms with Crippen molar-refractivity contribution < 1.29 is 13.2 Å². The van der Waals surface area contributed by atoms with Crippen LogP contribution >= 0.6 is 0 Å². The lowest BCUT2D eigenvalue weighted by Gasteiger charge is -2.19. The zero-order chi connectivity index (χ0) is 19.9. The van der Waals surface area contributed by atoms with Gasteiger partial charge in [-0.1, -0.05) is 12.1 Å². The molecule has 0 aliphatic heterocycles. The van der Waals surface area contributed by atoms with Crippen molar-refractivity contribution in [1.82, 2.24) is 19.6 Å². The maximum atomic E-state index is 13.2. The minimum atomic E-state index is -3.84. The number of para-hydroxylation sites is 2. The fourth-order valence-corrected chi connectivity index (χ4v) is 4.21. The number of sulfonamides is 1. The summed E-state index contributed by atoms with van der Waals surface area (Å²) in [6, 6.07) is 13.8. The molecule has 0 N–H and O–H groups in total. The second kappa shape index (κ2) is 6.75. The van der Waals surface area contributed by atoms with Gasteiger partial charge in [-0.05, 0) is 50.2 Å². The van der Waals surface area contributed by atoms with E-state index in [1.807, 2.05) is 42.5 Å². The van der Waals surface area contributed by atoms with Gasteiger partial charge in [0.1, 0.15) is 11.6 Å². The average Bonchev–Trinajstić information content (AvgIpc) is 3.09. The van der Waals surface area contributed by atoms with E-state index in [9.17, 15) is 8.42 Å². The number of benzene rings is 2. The fraction of sp³-hybridized carbons (Fsp3) is 0.211. The monoisotopic (exact) mass is 397 g/mol. The number of ether oxygens (including phenoxy) is 1. The summed E-state index contributed by atoms with van der Waals surface area (Å²) in [6.07, 6.45) is 0. The number of fused-ring (bicyclic) bond motifs is 3. The van der Waals surface area contributed by atoms with Gasteiger partial charge in [-0.15, -0.1) is 10.2 Å². The molecular weight excluding hydrogens is 378 g/mol. The zero-order valence-corrected chi connectivity index (χ0v) is 16.5. The van der Waals surface area contributed by atoms with E-state index in [0.717, 1.165) is 9.82 Å². The van der Waals surface area contributed by atoms with Crippen molar-refractivity contribution in [3.8, 4) is 5.75 Å². The third-order valence-corrected chi connectivity index (χ3v) is 6.23. The van der Waals surface area contributed by atoms with Gasteiger partial charge in [0.2, 0.25) is 5.65 Å². The molecule has 9 heteroatoms. The van der Waals surface area contributed by atoms with Crippen LogP contribution < -0.4 is 9.04 Å². The Morgan fingerprint density at radius 2 is 1.79 bits per heavy atom. The Kier molecular flexibility index (Phi) is 4.38. The van der Waals surface area contributed by atoms with E-state index in [1.54, 1.807) is 12.1 Å². The van der Waals surface area contributed by atoms with Crippen LogP contribution in [0.25, 0.3) is 16.7 Å². The molecular formula is C19H19N5O3S. The first-order valence-electron chi connectivity index (χ1n) is 8.75. The lowest BCUT2D eigenvalue weighted by atomic mass is 10.3. The molecule has 0 amide bonds. The van der Waals surface area contributed by atoms with Crippen LogP contribution in [0.5, 0.6) is 5.75 Å². The number of hydrogen-bond donors (Lipinski definition) is 0. The maximum absolute atomic E-state index is 13.2. The molecule has 144 valence electrons. The molecule has 4 rings (SSSR count). The molecule has 8 nitrogen and oxygen atoms in total. The van der Waals surface area contributed by atoms with Crippen LogP contribution in [0.4, 0.5) is 5.82 Å². The SMILES string of the molecule is CCOc1ccc(S(=O)(=O)N(C)c2nc3ccccc3n3c(C)nnc23)cc1. The Balaban J connectivity index is 1.86. The molecule has 0 atom stereocenters. The number of anilines is 1. The van der Waals surface area contributed by atoms with Crippen molar-refractivity contribution in [3.63, 3.8) is 0 Å². The molecule has 0 radical (unpaired) electrons.